The van der Waals surface area contributed by atoms with E-state index >= 15 is 0 Å². The summed E-state index contributed by atoms with van der Waals surface area (Å²) in [5, 5.41) is 0. The maximum Gasteiger partial charge on any atom is 0.226 e. The number of amides is 1. The monoisotopic (exact) mass is 322 g/mol. The summed E-state index contributed by atoms with van der Waals surface area (Å²) in [6.07, 6.45) is 8.43. The largest absolute Gasteiger partial charge is 0.336 e. The molecule has 0 bridgehead atoms. The third-order valence-corrected chi connectivity index (χ3v) is 4.86. The van der Waals surface area contributed by atoms with Crippen molar-refractivity contribution < 1.29 is 4.79 Å². The van der Waals surface area contributed by atoms with E-state index in [1.165, 1.54) is 24.8 Å². The van der Waals surface area contributed by atoms with Crippen molar-refractivity contribution in [1.82, 2.24) is 9.88 Å². The van der Waals surface area contributed by atoms with E-state index in [2.05, 4.69) is 29.2 Å². The van der Waals surface area contributed by atoms with E-state index in [0.717, 1.165) is 31.5 Å². The fourth-order valence-corrected chi connectivity index (χ4v) is 3.47. The first-order valence-electron chi connectivity index (χ1n) is 9.05. The summed E-state index contributed by atoms with van der Waals surface area (Å²) in [6, 6.07) is 16.3. The Morgan fingerprint density at radius 3 is 2.46 bits per heavy atom. The van der Waals surface area contributed by atoms with Gasteiger partial charge in [0.2, 0.25) is 5.91 Å². The standard InChI is InChI=1S/C21H26N2O/c24-21(19-11-5-2-6-12-19)23(17-20-13-7-8-15-22-20)16-14-18-9-3-1-4-10-18/h1,3-4,7-10,13,15,19H,2,5-6,11-12,14,16-17H2. The van der Waals surface area contributed by atoms with Gasteiger partial charge in [-0.2, -0.15) is 0 Å². The van der Waals surface area contributed by atoms with Crippen LogP contribution in [0.25, 0.3) is 0 Å². The van der Waals surface area contributed by atoms with Gasteiger partial charge in [-0.15, -0.1) is 0 Å². The van der Waals surface area contributed by atoms with E-state index in [1.807, 2.05) is 29.2 Å². The number of carbonyl (C=O) groups excluding carboxylic acids is 1. The maximum atomic E-state index is 13.0. The minimum absolute atomic E-state index is 0.207. The smallest absolute Gasteiger partial charge is 0.226 e. The summed E-state index contributed by atoms with van der Waals surface area (Å²) in [6.45, 7) is 1.37. The molecule has 1 aliphatic rings. The van der Waals surface area contributed by atoms with Crippen molar-refractivity contribution in [2.24, 2.45) is 5.92 Å². The molecule has 0 saturated heterocycles. The molecule has 3 heteroatoms. The third-order valence-electron chi connectivity index (χ3n) is 4.86. The van der Waals surface area contributed by atoms with Gasteiger partial charge in [-0.05, 0) is 37.0 Å². The van der Waals surface area contributed by atoms with E-state index in [-0.39, 0.29) is 5.92 Å². The van der Waals surface area contributed by atoms with Crippen LogP contribution >= 0.6 is 0 Å². The Kier molecular flexibility index (Phi) is 6.00. The highest BCUT2D eigenvalue weighted by atomic mass is 16.2. The Balaban J connectivity index is 1.68. The normalized spacial score (nSPS) is 15.2. The molecule has 1 saturated carbocycles. The first-order chi connectivity index (χ1) is 11.8. The summed E-state index contributed by atoms with van der Waals surface area (Å²) in [7, 11) is 0. The second-order valence-electron chi connectivity index (χ2n) is 6.65. The lowest BCUT2D eigenvalue weighted by atomic mass is 9.88. The topological polar surface area (TPSA) is 33.2 Å². The molecule has 2 aromatic rings. The van der Waals surface area contributed by atoms with E-state index in [0.29, 0.717) is 12.5 Å². The number of pyridine rings is 1. The first-order valence-corrected chi connectivity index (χ1v) is 9.05. The van der Waals surface area contributed by atoms with Crippen LogP contribution < -0.4 is 0 Å². The number of hydrogen-bond acceptors (Lipinski definition) is 2. The molecule has 1 aromatic heterocycles. The zero-order valence-electron chi connectivity index (χ0n) is 14.2. The lowest BCUT2D eigenvalue weighted by Crippen LogP contribution is -2.38. The zero-order valence-corrected chi connectivity index (χ0v) is 14.2. The summed E-state index contributed by atoms with van der Waals surface area (Å²) < 4.78 is 0. The van der Waals surface area contributed by atoms with E-state index < -0.39 is 0 Å². The highest BCUT2D eigenvalue weighted by Gasteiger charge is 2.26. The molecule has 1 heterocycles. The van der Waals surface area contributed by atoms with E-state index in [9.17, 15) is 4.79 Å². The molecule has 0 aliphatic heterocycles. The van der Waals surface area contributed by atoms with Crippen LogP contribution in [0.2, 0.25) is 0 Å². The van der Waals surface area contributed by atoms with Crippen molar-refractivity contribution in [1.29, 1.82) is 0 Å². The van der Waals surface area contributed by atoms with Crippen LogP contribution in [0.5, 0.6) is 0 Å². The van der Waals surface area contributed by atoms with E-state index in [4.69, 9.17) is 0 Å². The predicted molar refractivity (Wildman–Crippen MR) is 96.4 cm³/mol. The van der Waals surface area contributed by atoms with Gasteiger partial charge >= 0.3 is 0 Å². The molecular weight excluding hydrogens is 296 g/mol. The first kappa shape index (κ1) is 16.7. The van der Waals surface area contributed by atoms with Crippen LogP contribution in [0, 0.1) is 5.92 Å². The fourth-order valence-electron chi connectivity index (χ4n) is 3.47. The molecule has 24 heavy (non-hydrogen) atoms. The van der Waals surface area contributed by atoms with Crippen LogP contribution in [-0.2, 0) is 17.8 Å². The summed E-state index contributed by atoms with van der Waals surface area (Å²) in [4.78, 5) is 19.4. The lowest BCUT2D eigenvalue weighted by Gasteiger charge is -2.29. The van der Waals surface area contributed by atoms with Gasteiger partial charge < -0.3 is 4.90 Å². The van der Waals surface area contributed by atoms with Crippen LogP contribution in [0.4, 0.5) is 0 Å². The van der Waals surface area contributed by atoms with Gasteiger partial charge in [0.1, 0.15) is 0 Å². The average molecular weight is 322 g/mol. The van der Waals surface area contributed by atoms with Crippen molar-refractivity contribution in [2.75, 3.05) is 6.54 Å². The highest BCUT2D eigenvalue weighted by molar-refractivity contribution is 5.78. The molecule has 1 fully saturated rings. The zero-order chi connectivity index (χ0) is 16.6. The number of benzene rings is 1. The molecule has 0 atom stereocenters. The van der Waals surface area contributed by atoms with Crippen molar-refractivity contribution in [3.05, 3.63) is 66.0 Å². The summed E-state index contributed by atoms with van der Waals surface area (Å²) in [5.74, 6) is 0.523. The summed E-state index contributed by atoms with van der Waals surface area (Å²) in [5.41, 5.74) is 2.25. The molecule has 3 rings (SSSR count). The fraction of sp³-hybridized carbons (Fsp3) is 0.429. The quantitative estimate of drug-likeness (QED) is 0.797. The number of carbonyl (C=O) groups is 1. The molecule has 0 unspecified atom stereocenters. The van der Waals surface area contributed by atoms with Crippen LogP contribution in [0.1, 0.15) is 43.4 Å². The Morgan fingerprint density at radius 2 is 1.75 bits per heavy atom. The van der Waals surface area contributed by atoms with Gasteiger partial charge in [0.25, 0.3) is 0 Å². The molecular formula is C21H26N2O. The molecule has 126 valence electrons. The Morgan fingerprint density at radius 1 is 1.00 bits per heavy atom. The van der Waals surface area contributed by atoms with Gasteiger partial charge in [-0.3, -0.25) is 9.78 Å². The van der Waals surface area contributed by atoms with Gasteiger partial charge in [-0.25, -0.2) is 0 Å². The minimum Gasteiger partial charge on any atom is -0.336 e. The van der Waals surface area contributed by atoms with Crippen LogP contribution in [0.3, 0.4) is 0 Å². The van der Waals surface area contributed by atoms with Crippen LogP contribution in [-0.4, -0.2) is 22.3 Å². The minimum atomic E-state index is 0.207. The Labute approximate surface area is 144 Å². The van der Waals surface area contributed by atoms with Crippen LogP contribution in [0.15, 0.2) is 54.7 Å². The van der Waals surface area contributed by atoms with Crippen molar-refractivity contribution >= 4 is 5.91 Å². The van der Waals surface area contributed by atoms with Gasteiger partial charge in [0.15, 0.2) is 0 Å². The molecule has 0 N–H and O–H groups in total. The average Bonchev–Trinajstić information content (AvgIpc) is 2.67. The highest BCUT2D eigenvalue weighted by Crippen LogP contribution is 2.26. The molecule has 1 aromatic carbocycles. The molecule has 1 aliphatic carbocycles. The Bertz CT molecular complexity index is 621. The summed E-state index contributed by atoms with van der Waals surface area (Å²) >= 11 is 0. The third kappa shape index (κ3) is 4.67. The van der Waals surface area contributed by atoms with Gasteiger partial charge in [0, 0.05) is 18.7 Å². The van der Waals surface area contributed by atoms with Crippen molar-refractivity contribution in [3.63, 3.8) is 0 Å². The number of hydrogen-bond donors (Lipinski definition) is 0. The molecule has 1 amide bonds. The van der Waals surface area contributed by atoms with E-state index in [1.54, 1.807) is 6.20 Å². The molecule has 0 radical (unpaired) electrons. The Hall–Kier alpha value is -2.16. The van der Waals surface area contributed by atoms with Gasteiger partial charge in [0.05, 0.1) is 12.2 Å². The van der Waals surface area contributed by atoms with Crippen molar-refractivity contribution in [3.8, 4) is 0 Å². The number of nitrogens with zero attached hydrogens (tertiary/aromatic N) is 2. The lowest BCUT2D eigenvalue weighted by molar-refractivity contribution is -0.137. The maximum absolute atomic E-state index is 13.0. The molecule has 3 nitrogen and oxygen atoms in total. The number of rotatable bonds is 6. The van der Waals surface area contributed by atoms with Gasteiger partial charge in [-0.1, -0.05) is 55.7 Å². The second-order valence-corrected chi connectivity index (χ2v) is 6.65. The molecule has 0 spiro atoms. The number of aromatic nitrogens is 1. The van der Waals surface area contributed by atoms with Crippen molar-refractivity contribution in [2.45, 2.75) is 45.1 Å². The predicted octanol–water partition coefficient (Wildman–Crippen LogP) is 4.23. The SMILES string of the molecule is O=C(C1CCCCC1)N(CCc1ccccc1)Cc1ccccn1. The second kappa shape index (κ2) is 8.62.